The average Bonchev–Trinajstić information content (AvgIpc) is 2.80. The third-order valence-electron chi connectivity index (χ3n) is 2.59. The summed E-state index contributed by atoms with van der Waals surface area (Å²) in [6.45, 7) is 7.13. The molecule has 2 aromatic rings. The van der Waals surface area contributed by atoms with E-state index in [1.807, 2.05) is 5.38 Å². The van der Waals surface area contributed by atoms with E-state index in [2.05, 4.69) is 31.1 Å². The largest absolute Gasteiger partial charge is 0.487 e. The van der Waals surface area contributed by atoms with E-state index < -0.39 is 11.6 Å². The highest BCUT2D eigenvalue weighted by molar-refractivity contribution is 7.09. The zero-order chi connectivity index (χ0) is 15.5. The van der Waals surface area contributed by atoms with Crippen LogP contribution in [0.25, 0.3) is 0 Å². The van der Waals surface area contributed by atoms with Crippen molar-refractivity contribution < 1.29 is 13.5 Å². The van der Waals surface area contributed by atoms with Crippen LogP contribution in [0.3, 0.4) is 0 Å². The van der Waals surface area contributed by atoms with Gasteiger partial charge < -0.3 is 10.1 Å². The fraction of sp³-hybridized carbons (Fsp3) is 0.400. The summed E-state index contributed by atoms with van der Waals surface area (Å²) < 4.78 is 31.4. The molecule has 1 aromatic heterocycles. The lowest BCUT2D eigenvalue weighted by Gasteiger charge is -2.19. The van der Waals surface area contributed by atoms with Crippen LogP contribution in [0.5, 0.6) is 5.75 Å². The molecule has 3 nitrogen and oxygen atoms in total. The van der Waals surface area contributed by atoms with E-state index >= 15 is 0 Å². The predicted molar refractivity (Wildman–Crippen MR) is 79.4 cm³/mol. The first kappa shape index (κ1) is 15.9. The molecule has 0 amide bonds. The standard InChI is InChI=1S/C15H18F2N2OS/c1-15(2,3)18-7-14-19-12(9-21-14)8-20-13-5-10(16)4-11(17)6-13/h4-6,9,18H,7-8H2,1-3H3. The van der Waals surface area contributed by atoms with Crippen LogP contribution in [0.1, 0.15) is 31.5 Å². The maximum atomic E-state index is 13.0. The minimum absolute atomic E-state index is 0.0292. The molecule has 0 aliphatic heterocycles. The number of benzene rings is 1. The molecule has 0 aliphatic rings. The Morgan fingerprint density at radius 1 is 1.19 bits per heavy atom. The van der Waals surface area contributed by atoms with E-state index in [1.165, 1.54) is 11.3 Å². The van der Waals surface area contributed by atoms with Crippen LogP contribution in [-0.4, -0.2) is 10.5 Å². The summed E-state index contributed by atoms with van der Waals surface area (Å²) in [7, 11) is 0. The van der Waals surface area contributed by atoms with Crippen molar-refractivity contribution in [3.05, 3.63) is 45.9 Å². The van der Waals surface area contributed by atoms with Crippen molar-refractivity contribution in [2.75, 3.05) is 0 Å². The van der Waals surface area contributed by atoms with Gasteiger partial charge >= 0.3 is 0 Å². The van der Waals surface area contributed by atoms with Gasteiger partial charge in [0.1, 0.15) is 29.0 Å². The molecule has 1 N–H and O–H groups in total. The number of hydrogen-bond acceptors (Lipinski definition) is 4. The van der Waals surface area contributed by atoms with Gasteiger partial charge in [-0.1, -0.05) is 0 Å². The molecule has 0 bridgehead atoms. The number of ether oxygens (including phenoxy) is 1. The van der Waals surface area contributed by atoms with Crippen LogP contribution in [0.2, 0.25) is 0 Å². The molecule has 2 rings (SSSR count). The SMILES string of the molecule is CC(C)(C)NCc1nc(COc2cc(F)cc(F)c2)cs1. The molecule has 1 aromatic carbocycles. The Balaban J connectivity index is 1.90. The smallest absolute Gasteiger partial charge is 0.131 e. The Morgan fingerprint density at radius 2 is 1.86 bits per heavy atom. The maximum Gasteiger partial charge on any atom is 0.131 e. The van der Waals surface area contributed by atoms with E-state index in [0.717, 1.165) is 28.9 Å². The average molecular weight is 312 g/mol. The van der Waals surface area contributed by atoms with Crippen LogP contribution < -0.4 is 10.1 Å². The first-order valence-electron chi connectivity index (χ1n) is 6.59. The highest BCUT2D eigenvalue weighted by atomic mass is 32.1. The molecule has 0 saturated carbocycles. The summed E-state index contributed by atoms with van der Waals surface area (Å²) in [4.78, 5) is 4.42. The highest BCUT2D eigenvalue weighted by Gasteiger charge is 2.10. The third-order valence-corrected chi connectivity index (χ3v) is 3.49. The number of thiazole rings is 1. The second-order valence-electron chi connectivity index (χ2n) is 5.73. The summed E-state index contributed by atoms with van der Waals surface area (Å²) in [6.07, 6.45) is 0. The topological polar surface area (TPSA) is 34.2 Å². The molecule has 0 spiro atoms. The van der Waals surface area contributed by atoms with Crippen molar-refractivity contribution >= 4 is 11.3 Å². The monoisotopic (exact) mass is 312 g/mol. The van der Waals surface area contributed by atoms with E-state index in [1.54, 1.807) is 0 Å². The summed E-state index contributed by atoms with van der Waals surface area (Å²) in [5.74, 6) is -1.15. The lowest BCUT2D eigenvalue weighted by atomic mass is 10.1. The molecule has 21 heavy (non-hydrogen) atoms. The summed E-state index contributed by atoms with van der Waals surface area (Å²) in [5.41, 5.74) is 0.775. The quantitative estimate of drug-likeness (QED) is 0.909. The van der Waals surface area contributed by atoms with Gasteiger partial charge in [0.05, 0.1) is 5.69 Å². The summed E-state index contributed by atoms with van der Waals surface area (Å²) in [6, 6.07) is 3.11. The van der Waals surface area contributed by atoms with Gasteiger partial charge in [0, 0.05) is 35.7 Å². The fourth-order valence-corrected chi connectivity index (χ4v) is 2.32. The molecular formula is C15H18F2N2OS. The van der Waals surface area contributed by atoms with Crippen molar-refractivity contribution in [3.8, 4) is 5.75 Å². The van der Waals surface area contributed by atoms with Crippen molar-refractivity contribution in [3.63, 3.8) is 0 Å². The minimum atomic E-state index is -0.654. The number of aromatic nitrogens is 1. The van der Waals surface area contributed by atoms with Gasteiger partial charge in [-0.2, -0.15) is 0 Å². The van der Waals surface area contributed by atoms with Gasteiger partial charge in [0.25, 0.3) is 0 Å². The molecule has 0 fully saturated rings. The zero-order valence-electron chi connectivity index (χ0n) is 12.2. The number of rotatable bonds is 5. The second kappa shape index (κ2) is 6.49. The Morgan fingerprint density at radius 3 is 2.48 bits per heavy atom. The van der Waals surface area contributed by atoms with Crippen molar-refractivity contribution in [2.24, 2.45) is 0 Å². The number of hydrogen-bond donors (Lipinski definition) is 1. The minimum Gasteiger partial charge on any atom is -0.487 e. The second-order valence-corrected chi connectivity index (χ2v) is 6.67. The molecule has 6 heteroatoms. The van der Waals surface area contributed by atoms with E-state index in [0.29, 0.717) is 6.54 Å². The lowest BCUT2D eigenvalue weighted by Crippen LogP contribution is -2.35. The molecule has 0 radical (unpaired) electrons. The van der Waals surface area contributed by atoms with Crippen LogP contribution in [-0.2, 0) is 13.2 Å². The van der Waals surface area contributed by atoms with Crippen molar-refractivity contribution in [1.29, 1.82) is 0 Å². The van der Waals surface area contributed by atoms with Crippen LogP contribution in [0.4, 0.5) is 8.78 Å². The van der Waals surface area contributed by atoms with Gasteiger partial charge in [-0.25, -0.2) is 13.8 Å². The van der Waals surface area contributed by atoms with Crippen molar-refractivity contribution in [1.82, 2.24) is 10.3 Å². The first-order valence-corrected chi connectivity index (χ1v) is 7.47. The van der Waals surface area contributed by atoms with Gasteiger partial charge in [0.15, 0.2) is 0 Å². The first-order chi connectivity index (χ1) is 9.82. The number of halogens is 2. The zero-order valence-corrected chi connectivity index (χ0v) is 13.1. The molecule has 0 aliphatic carbocycles. The summed E-state index contributed by atoms with van der Waals surface area (Å²) >= 11 is 1.53. The van der Waals surface area contributed by atoms with Crippen LogP contribution in [0, 0.1) is 11.6 Å². The molecule has 0 unspecified atom stereocenters. The van der Waals surface area contributed by atoms with E-state index in [4.69, 9.17) is 4.74 Å². The molecular weight excluding hydrogens is 294 g/mol. The van der Waals surface area contributed by atoms with E-state index in [9.17, 15) is 8.78 Å². The molecule has 114 valence electrons. The van der Waals surface area contributed by atoms with Gasteiger partial charge in [-0.15, -0.1) is 11.3 Å². The van der Waals surface area contributed by atoms with Crippen LogP contribution in [0.15, 0.2) is 23.6 Å². The van der Waals surface area contributed by atoms with Crippen LogP contribution >= 0.6 is 11.3 Å². The molecule has 1 heterocycles. The highest BCUT2D eigenvalue weighted by Crippen LogP contribution is 2.18. The number of nitrogens with one attached hydrogen (secondary N) is 1. The van der Waals surface area contributed by atoms with E-state index in [-0.39, 0.29) is 17.9 Å². The fourth-order valence-electron chi connectivity index (χ4n) is 1.61. The Kier molecular flexibility index (Phi) is 4.90. The molecule has 0 saturated heterocycles. The molecule has 0 atom stereocenters. The van der Waals surface area contributed by atoms with Crippen molar-refractivity contribution in [2.45, 2.75) is 39.5 Å². The number of nitrogens with zero attached hydrogens (tertiary/aromatic N) is 1. The normalized spacial score (nSPS) is 11.7. The Hall–Kier alpha value is -1.53. The predicted octanol–water partition coefficient (Wildman–Crippen LogP) is 3.89. The van der Waals surface area contributed by atoms with Gasteiger partial charge in [-0.05, 0) is 20.8 Å². The Labute approximate surface area is 127 Å². The Bertz CT molecular complexity index is 588. The summed E-state index contributed by atoms with van der Waals surface area (Å²) in [5, 5.41) is 6.19. The van der Waals surface area contributed by atoms with Gasteiger partial charge in [0.2, 0.25) is 0 Å². The maximum absolute atomic E-state index is 13.0. The van der Waals surface area contributed by atoms with Gasteiger partial charge in [-0.3, -0.25) is 0 Å². The third kappa shape index (κ3) is 5.40. The lowest BCUT2D eigenvalue weighted by molar-refractivity contribution is 0.298.